The fourth-order valence-corrected chi connectivity index (χ4v) is 7.56. The lowest BCUT2D eigenvalue weighted by Gasteiger charge is -2.56. The molecule has 0 unspecified atom stereocenters. The summed E-state index contributed by atoms with van der Waals surface area (Å²) in [5, 5.41) is 9.91. The van der Waals surface area contributed by atoms with Gasteiger partial charge in [0.05, 0.1) is 12.8 Å². The van der Waals surface area contributed by atoms with Crippen molar-refractivity contribution in [3.05, 3.63) is 54.3 Å². The number of furan rings is 1. The molecule has 2 aromatic carbocycles. The van der Waals surface area contributed by atoms with Gasteiger partial charge in [-0.1, -0.05) is 18.2 Å². The van der Waals surface area contributed by atoms with Gasteiger partial charge in [-0.25, -0.2) is 0 Å². The highest BCUT2D eigenvalue weighted by molar-refractivity contribution is 7.80. The van der Waals surface area contributed by atoms with Crippen LogP contribution in [0.5, 0.6) is 5.75 Å². The molecule has 1 aromatic heterocycles. The average Bonchev–Trinajstić information content (AvgIpc) is 3.28. The summed E-state index contributed by atoms with van der Waals surface area (Å²) in [5.74, 6) is 2.71. The lowest BCUT2D eigenvalue weighted by Crippen LogP contribution is -2.48. The quantitative estimate of drug-likeness (QED) is 0.342. The van der Waals surface area contributed by atoms with E-state index in [1.807, 2.05) is 24.3 Å². The molecule has 4 bridgehead atoms. The Balaban J connectivity index is 1.07. The zero-order chi connectivity index (χ0) is 25.6. The largest absolute Gasteiger partial charge is 0.494 e. The number of benzene rings is 2. The van der Waals surface area contributed by atoms with Crippen molar-refractivity contribution in [1.29, 1.82) is 0 Å². The number of ether oxygens (including phenoxy) is 1. The van der Waals surface area contributed by atoms with Gasteiger partial charge in [0.15, 0.2) is 10.9 Å². The number of hydrogen-bond donors (Lipinski definition) is 3. The van der Waals surface area contributed by atoms with Crippen molar-refractivity contribution >= 4 is 51.5 Å². The summed E-state index contributed by atoms with van der Waals surface area (Å²) in [6.45, 7) is 0. The molecule has 0 aliphatic heterocycles. The van der Waals surface area contributed by atoms with Crippen molar-refractivity contribution in [2.45, 2.75) is 44.9 Å². The van der Waals surface area contributed by atoms with Crippen LogP contribution in [-0.2, 0) is 4.79 Å². The predicted molar refractivity (Wildman–Crippen MR) is 147 cm³/mol. The first-order chi connectivity index (χ1) is 17.9. The maximum atomic E-state index is 12.9. The fraction of sp³-hybridized carbons (Fsp3) is 0.414. The first-order valence-electron chi connectivity index (χ1n) is 13.0. The number of rotatable bonds is 6. The minimum atomic E-state index is -0.373. The molecular formula is C29H31N3O4S. The van der Waals surface area contributed by atoms with Crippen molar-refractivity contribution in [1.82, 2.24) is 5.32 Å². The van der Waals surface area contributed by atoms with E-state index in [2.05, 4.69) is 16.0 Å². The van der Waals surface area contributed by atoms with Crippen LogP contribution < -0.4 is 20.7 Å². The smallest absolute Gasteiger partial charge is 0.291 e. The second-order valence-electron chi connectivity index (χ2n) is 11.1. The number of nitrogens with one attached hydrogen (secondary N) is 3. The van der Waals surface area contributed by atoms with Gasteiger partial charge in [-0.15, -0.1) is 0 Å². The first kappa shape index (κ1) is 24.0. The van der Waals surface area contributed by atoms with E-state index in [0.29, 0.717) is 29.1 Å². The number of carbonyl (C=O) groups is 2. The van der Waals surface area contributed by atoms with Gasteiger partial charge >= 0.3 is 0 Å². The minimum Gasteiger partial charge on any atom is -0.494 e. The van der Waals surface area contributed by atoms with Crippen LogP contribution in [-0.4, -0.2) is 24.0 Å². The van der Waals surface area contributed by atoms with Crippen molar-refractivity contribution in [3.63, 3.8) is 0 Å². The molecule has 37 heavy (non-hydrogen) atoms. The van der Waals surface area contributed by atoms with E-state index < -0.39 is 0 Å². The number of carbonyl (C=O) groups excluding carboxylic acids is 2. The van der Waals surface area contributed by atoms with Crippen LogP contribution in [0.4, 0.5) is 11.4 Å². The lowest BCUT2D eigenvalue weighted by molar-refractivity contribution is -0.127. The maximum Gasteiger partial charge on any atom is 0.291 e. The highest BCUT2D eigenvalue weighted by Gasteiger charge is 2.51. The van der Waals surface area contributed by atoms with Gasteiger partial charge < -0.3 is 25.1 Å². The number of para-hydroxylation sites is 1. The molecule has 4 aliphatic rings. The molecule has 7 nitrogen and oxygen atoms in total. The van der Waals surface area contributed by atoms with Crippen LogP contribution in [0.25, 0.3) is 11.0 Å². The number of anilines is 2. The zero-order valence-electron chi connectivity index (χ0n) is 20.8. The van der Waals surface area contributed by atoms with Gasteiger partial charge in [0.25, 0.3) is 5.91 Å². The van der Waals surface area contributed by atoms with E-state index in [-0.39, 0.29) is 28.1 Å². The molecule has 7 rings (SSSR count). The molecule has 0 radical (unpaired) electrons. The van der Waals surface area contributed by atoms with Crippen molar-refractivity contribution in [2.75, 3.05) is 17.7 Å². The third kappa shape index (κ3) is 4.94. The third-order valence-electron chi connectivity index (χ3n) is 8.31. The number of hydrogen-bond acceptors (Lipinski definition) is 5. The van der Waals surface area contributed by atoms with Crippen molar-refractivity contribution in [3.8, 4) is 5.75 Å². The lowest BCUT2D eigenvalue weighted by atomic mass is 9.49. The summed E-state index contributed by atoms with van der Waals surface area (Å²) in [6, 6.07) is 14.4. The van der Waals surface area contributed by atoms with E-state index in [1.165, 1.54) is 45.6 Å². The summed E-state index contributed by atoms with van der Waals surface area (Å²) >= 11 is 5.43. The fourth-order valence-electron chi connectivity index (χ4n) is 7.33. The molecular weight excluding hydrogens is 486 g/mol. The summed E-state index contributed by atoms with van der Waals surface area (Å²) in [5.41, 5.74) is 1.96. The molecule has 0 atom stereocenters. The average molecular weight is 518 g/mol. The molecule has 3 N–H and O–H groups in total. The Kier molecular flexibility index (Phi) is 6.15. The summed E-state index contributed by atoms with van der Waals surface area (Å²) in [4.78, 5) is 25.7. The highest BCUT2D eigenvalue weighted by atomic mass is 32.1. The van der Waals surface area contributed by atoms with Crippen molar-refractivity contribution < 1.29 is 18.7 Å². The monoisotopic (exact) mass is 517 g/mol. The highest BCUT2D eigenvalue weighted by Crippen LogP contribution is 2.61. The van der Waals surface area contributed by atoms with Crippen LogP contribution in [0.1, 0.15) is 55.5 Å². The molecule has 8 heteroatoms. The molecule has 0 spiro atoms. The minimum absolute atomic E-state index is 0.0128. The van der Waals surface area contributed by atoms with E-state index in [9.17, 15) is 9.59 Å². The Bertz CT molecular complexity index is 1310. The van der Waals surface area contributed by atoms with E-state index in [4.69, 9.17) is 21.4 Å². The maximum absolute atomic E-state index is 12.9. The molecule has 192 valence electrons. The topological polar surface area (TPSA) is 92.6 Å². The van der Waals surface area contributed by atoms with E-state index in [0.717, 1.165) is 23.1 Å². The van der Waals surface area contributed by atoms with Crippen molar-refractivity contribution in [2.24, 2.45) is 23.2 Å². The van der Waals surface area contributed by atoms with Crippen LogP contribution >= 0.6 is 12.2 Å². The number of methoxy groups -OCH3 is 1. The molecule has 4 fully saturated rings. The number of amides is 2. The molecule has 2 amide bonds. The summed E-state index contributed by atoms with van der Waals surface area (Å²) in [7, 11) is 1.53. The van der Waals surface area contributed by atoms with Crippen LogP contribution in [0, 0.1) is 23.2 Å². The third-order valence-corrected chi connectivity index (χ3v) is 8.51. The van der Waals surface area contributed by atoms with E-state index >= 15 is 0 Å². The molecule has 4 aliphatic carbocycles. The van der Waals surface area contributed by atoms with Crippen LogP contribution in [0.3, 0.4) is 0 Å². The number of thiocarbonyl (C=S) groups is 1. The van der Waals surface area contributed by atoms with Gasteiger partial charge in [-0.05, 0) is 98.2 Å². The zero-order valence-corrected chi connectivity index (χ0v) is 21.7. The summed E-state index contributed by atoms with van der Waals surface area (Å²) in [6.07, 6.45) is 8.18. The normalized spacial score (nSPS) is 25.6. The van der Waals surface area contributed by atoms with Gasteiger partial charge in [-0.2, -0.15) is 0 Å². The second-order valence-corrected chi connectivity index (χ2v) is 11.5. The van der Waals surface area contributed by atoms with Gasteiger partial charge in [0.1, 0.15) is 11.3 Å². The molecule has 0 saturated heterocycles. The molecule has 3 aromatic rings. The van der Waals surface area contributed by atoms with Gasteiger partial charge in [-0.3, -0.25) is 9.59 Å². The first-order valence-corrected chi connectivity index (χ1v) is 13.4. The van der Waals surface area contributed by atoms with Gasteiger partial charge in [0, 0.05) is 23.6 Å². The Hall–Kier alpha value is -3.39. The summed E-state index contributed by atoms with van der Waals surface area (Å²) < 4.78 is 11.1. The van der Waals surface area contributed by atoms with Crippen LogP contribution in [0.2, 0.25) is 0 Å². The SMILES string of the molecule is COc1cc(NC(=S)NC(=O)CC23CC4CC(CC(C4)C2)C3)ccc1NC(=O)c1cc2ccccc2o1. The Morgan fingerprint density at radius 3 is 2.38 bits per heavy atom. The Morgan fingerprint density at radius 1 is 1.00 bits per heavy atom. The molecule has 4 saturated carbocycles. The number of fused-ring (bicyclic) bond motifs is 1. The Morgan fingerprint density at radius 2 is 1.70 bits per heavy atom. The standard InChI is InChI=1S/C29H31N3O4S/c1-35-24-12-21(6-7-22(24)31-27(34)25-11-20-4-2-3-5-23(20)36-25)30-28(37)32-26(33)16-29-13-17-8-18(14-29)10-19(9-17)15-29/h2-7,11-12,17-19H,8-10,13-16H2,1H3,(H,31,34)(H2,30,32,33,37). The van der Waals surface area contributed by atoms with E-state index in [1.54, 1.807) is 24.3 Å². The van der Waals surface area contributed by atoms with Crippen LogP contribution in [0.15, 0.2) is 52.9 Å². The van der Waals surface area contributed by atoms with Gasteiger partial charge in [0.2, 0.25) is 5.91 Å². The predicted octanol–water partition coefficient (Wildman–Crippen LogP) is 6.11. The second kappa shape index (κ2) is 9.49. The Labute approximate surface area is 221 Å². The molecule has 1 heterocycles.